The first-order valence-corrected chi connectivity index (χ1v) is 6.23. The van der Waals surface area contributed by atoms with Crippen molar-refractivity contribution in [1.29, 1.82) is 0 Å². The first-order valence-electron chi connectivity index (χ1n) is 6.23. The Morgan fingerprint density at radius 1 is 0.786 bits per heavy atom. The summed E-state index contributed by atoms with van der Waals surface area (Å²) in [5.41, 5.74) is 0.485. The molecule has 0 saturated heterocycles. The molecule has 0 aliphatic carbocycles. The molecular formula is C14H30. The predicted octanol–water partition coefficient (Wildman–Crippen LogP) is 5.13. The van der Waals surface area contributed by atoms with Crippen molar-refractivity contribution >= 4 is 0 Å². The Kier molecular flexibility index (Phi) is 5.78. The zero-order chi connectivity index (χ0) is 11.4. The summed E-state index contributed by atoms with van der Waals surface area (Å²) >= 11 is 0. The quantitative estimate of drug-likeness (QED) is 0.574. The van der Waals surface area contributed by atoms with Crippen LogP contribution in [0, 0.1) is 23.2 Å². The third kappa shape index (κ3) is 6.45. The predicted molar refractivity (Wildman–Crippen MR) is 66.5 cm³/mol. The molecule has 0 N–H and O–H groups in total. The zero-order valence-electron chi connectivity index (χ0n) is 11.4. The van der Waals surface area contributed by atoms with Gasteiger partial charge >= 0.3 is 0 Å². The van der Waals surface area contributed by atoms with Gasteiger partial charge in [0.05, 0.1) is 0 Å². The van der Waals surface area contributed by atoms with E-state index in [9.17, 15) is 0 Å². The van der Waals surface area contributed by atoms with E-state index in [4.69, 9.17) is 0 Å². The van der Waals surface area contributed by atoms with Crippen molar-refractivity contribution in [3.05, 3.63) is 0 Å². The van der Waals surface area contributed by atoms with Crippen LogP contribution < -0.4 is 0 Å². The molecule has 0 aliphatic rings. The molecule has 1 atom stereocenters. The Labute approximate surface area is 91.5 Å². The molecule has 0 aliphatic heterocycles. The number of hydrogen-bond donors (Lipinski definition) is 0. The van der Waals surface area contributed by atoms with Crippen LogP contribution in [0.25, 0.3) is 0 Å². The van der Waals surface area contributed by atoms with E-state index >= 15 is 0 Å². The molecule has 0 rings (SSSR count). The molecule has 0 heteroatoms. The third-order valence-electron chi connectivity index (χ3n) is 3.07. The smallest absolute Gasteiger partial charge is 0.0354 e. The van der Waals surface area contributed by atoms with E-state index in [1.54, 1.807) is 0 Å². The zero-order valence-corrected chi connectivity index (χ0v) is 11.4. The lowest BCUT2D eigenvalue weighted by Crippen LogP contribution is -2.22. The maximum absolute atomic E-state index is 2.39. The van der Waals surface area contributed by atoms with Crippen LogP contribution in [0.5, 0.6) is 0 Å². The van der Waals surface area contributed by atoms with Crippen LogP contribution in [-0.2, 0) is 0 Å². The Bertz CT molecular complexity index is 137. The summed E-state index contributed by atoms with van der Waals surface area (Å²) in [7, 11) is 0. The summed E-state index contributed by atoms with van der Waals surface area (Å²) in [4.78, 5) is 0. The minimum absolute atomic E-state index is 0.485. The highest BCUT2D eigenvalue weighted by Crippen LogP contribution is 2.35. The maximum Gasteiger partial charge on any atom is -0.0354 e. The molecule has 0 bridgehead atoms. The largest absolute Gasteiger partial charge is 0.0628 e. The second-order valence-corrected chi connectivity index (χ2v) is 6.66. The highest BCUT2D eigenvalue weighted by Gasteiger charge is 2.24. The lowest BCUT2D eigenvalue weighted by Gasteiger charge is -2.32. The summed E-state index contributed by atoms with van der Waals surface area (Å²) in [5.74, 6) is 2.59. The van der Waals surface area contributed by atoms with Gasteiger partial charge in [0.1, 0.15) is 0 Å². The Balaban J connectivity index is 4.12. The molecule has 0 nitrogen and oxygen atoms in total. The van der Waals surface area contributed by atoms with Gasteiger partial charge in [0.2, 0.25) is 0 Å². The molecule has 0 heterocycles. The van der Waals surface area contributed by atoms with Crippen LogP contribution >= 0.6 is 0 Å². The van der Waals surface area contributed by atoms with Crippen LogP contribution in [-0.4, -0.2) is 0 Å². The fourth-order valence-electron chi connectivity index (χ4n) is 2.01. The standard InChI is InChI=1S/C14H30/c1-11(2)8-9-13(10-12(3)4)14(5,6)7/h11-13H,8-10H2,1-7H3. The molecule has 0 amide bonds. The summed E-state index contributed by atoms with van der Waals surface area (Å²) in [6.07, 6.45) is 4.17. The SMILES string of the molecule is CC(C)CCC(CC(C)C)C(C)(C)C. The topological polar surface area (TPSA) is 0 Å². The van der Waals surface area contributed by atoms with Crippen molar-refractivity contribution in [2.24, 2.45) is 23.2 Å². The van der Waals surface area contributed by atoms with Crippen LogP contribution in [0.1, 0.15) is 67.7 Å². The summed E-state index contributed by atoms with van der Waals surface area (Å²) in [6, 6.07) is 0. The highest BCUT2D eigenvalue weighted by molar-refractivity contribution is 4.75. The van der Waals surface area contributed by atoms with Gasteiger partial charge in [-0.15, -0.1) is 0 Å². The lowest BCUT2D eigenvalue weighted by atomic mass is 9.73. The molecule has 0 spiro atoms. The molecule has 0 saturated carbocycles. The van der Waals surface area contributed by atoms with Crippen LogP contribution in [0.3, 0.4) is 0 Å². The molecule has 1 unspecified atom stereocenters. The molecule has 14 heavy (non-hydrogen) atoms. The van der Waals surface area contributed by atoms with Crippen molar-refractivity contribution < 1.29 is 0 Å². The lowest BCUT2D eigenvalue weighted by molar-refractivity contribution is 0.182. The van der Waals surface area contributed by atoms with Gasteiger partial charge < -0.3 is 0 Å². The monoisotopic (exact) mass is 198 g/mol. The molecular weight excluding hydrogens is 168 g/mol. The van der Waals surface area contributed by atoms with Crippen molar-refractivity contribution in [2.45, 2.75) is 67.7 Å². The van der Waals surface area contributed by atoms with Crippen LogP contribution in [0.2, 0.25) is 0 Å². The fourth-order valence-corrected chi connectivity index (χ4v) is 2.01. The minimum atomic E-state index is 0.485. The average molecular weight is 198 g/mol. The first-order chi connectivity index (χ1) is 6.23. The summed E-state index contributed by atoms with van der Waals surface area (Å²) in [5, 5.41) is 0. The number of hydrogen-bond acceptors (Lipinski definition) is 0. The molecule has 0 radical (unpaired) electrons. The van der Waals surface area contributed by atoms with Crippen molar-refractivity contribution in [1.82, 2.24) is 0 Å². The van der Waals surface area contributed by atoms with E-state index in [0.29, 0.717) is 5.41 Å². The second kappa shape index (κ2) is 5.78. The van der Waals surface area contributed by atoms with Crippen molar-refractivity contribution in [2.75, 3.05) is 0 Å². The van der Waals surface area contributed by atoms with E-state index in [1.165, 1.54) is 19.3 Å². The van der Waals surface area contributed by atoms with Gasteiger partial charge in [-0.1, -0.05) is 54.9 Å². The number of rotatable bonds is 5. The van der Waals surface area contributed by atoms with E-state index < -0.39 is 0 Å². The molecule has 0 aromatic carbocycles. The molecule has 0 fully saturated rings. The fraction of sp³-hybridized carbons (Fsp3) is 1.00. The molecule has 0 aromatic heterocycles. The Morgan fingerprint density at radius 3 is 1.57 bits per heavy atom. The highest BCUT2D eigenvalue weighted by atomic mass is 14.3. The van der Waals surface area contributed by atoms with Crippen LogP contribution in [0.15, 0.2) is 0 Å². The van der Waals surface area contributed by atoms with Gasteiger partial charge in [-0.05, 0) is 36.0 Å². The van der Waals surface area contributed by atoms with E-state index in [-0.39, 0.29) is 0 Å². The first kappa shape index (κ1) is 14.0. The third-order valence-corrected chi connectivity index (χ3v) is 3.07. The van der Waals surface area contributed by atoms with Gasteiger partial charge in [0.15, 0.2) is 0 Å². The second-order valence-electron chi connectivity index (χ2n) is 6.66. The normalized spacial score (nSPS) is 15.2. The summed E-state index contributed by atoms with van der Waals surface area (Å²) < 4.78 is 0. The molecule has 0 aromatic rings. The van der Waals surface area contributed by atoms with E-state index in [0.717, 1.165) is 17.8 Å². The van der Waals surface area contributed by atoms with Crippen molar-refractivity contribution in [3.8, 4) is 0 Å². The van der Waals surface area contributed by atoms with Gasteiger partial charge in [-0.3, -0.25) is 0 Å². The average Bonchev–Trinajstić information content (AvgIpc) is 1.94. The Morgan fingerprint density at radius 2 is 1.29 bits per heavy atom. The summed E-state index contributed by atoms with van der Waals surface area (Å²) in [6.45, 7) is 16.5. The van der Waals surface area contributed by atoms with Gasteiger partial charge in [0, 0.05) is 0 Å². The Hall–Kier alpha value is 0. The van der Waals surface area contributed by atoms with E-state index in [2.05, 4.69) is 48.5 Å². The van der Waals surface area contributed by atoms with Crippen molar-refractivity contribution in [3.63, 3.8) is 0 Å². The van der Waals surface area contributed by atoms with Gasteiger partial charge in [0.25, 0.3) is 0 Å². The molecule has 86 valence electrons. The maximum atomic E-state index is 2.39. The van der Waals surface area contributed by atoms with Gasteiger partial charge in [-0.2, -0.15) is 0 Å². The van der Waals surface area contributed by atoms with Crippen LogP contribution in [0.4, 0.5) is 0 Å². The minimum Gasteiger partial charge on any atom is -0.0628 e. The van der Waals surface area contributed by atoms with E-state index in [1.807, 2.05) is 0 Å². The van der Waals surface area contributed by atoms with Gasteiger partial charge in [-0.25, -0.2) is 0 Å².